The molecule has 37 heavy (non-hydrogen) atoms. The second-order valence-electron chi connectivity index (χ2n) is 9.63. The number of carbonyl (C=O) groups excluding carboxylic acids is 1. The predicted molar refractivity (Wildman–Crippen MR) is 153 cm³/mol. The number of benzene rings is 3. The number of amides is 1. The summed E-state index contributed by atoms with van der Waals surface area (Å²) >= 11 is 0. The molecule has 3 aromatic carbocycles. The van der Waals surface area contributed by atoms with Gasteiger partial charge >= 0.3 is 0 Å². The minimum Gasteiger partial charge on any atom is -0.369 e. The summed E-state index contributed by atoms with van der Waals surface area (Å²) in [7, 11) is 2.17. The van der Waals surface area contributed by atoms with Gasteiger partial charge in [0.2, 0.25) is 11.9 Å². The van der Waals surface area contributed by atoms with E-state index in [1.165, 1.54) is 5.69 Å². The lowest BCUT2D eigenvalue weighted by molar-refractivity contribution is -0.116. The first-order valence-corrected chi connectivity index (χ1v) is 13.1. The number of hydrogen-bond donors (Lipinski definition) is 2. The highest BCUT2D eigenvalue weighted by Crippen LogP contribution is 2.30. The van der Waals surface area contributed by atoms with Crippen molar-refractivity contribution in [3.05, 3.63) is 72.9 Å². The van der Waals surface area contributed by atoms with Crippen molar-refractivity contribution in [3.63, 3.8) is 0 Å². The van der Waals surface area contributed by atoms with E-state index in [9.17, 15) is 4.79 Å². The number of carbonyl (C=O) groups is 1. The normalized spacial score (nSPS) is 14.1. The third-order valence-electron chi connectivity index (χ3n) is 6.82. The third kappa shape index (κ3) is 6.06. The van der Waals surface area contributed by atoms with Crippen LogP contribution in [0.5, 0.6) is 0 Å². The average Bonchev–Trinajstić information content (AvgIpc) is 2.92. The molecule has 190 valence electrons. The van der Waals surface area contributed by atoms with E-state index < -0.39 is 0 Å². The van der Waals surface area contributed by atoms with Crippen LogP contribution in [0.3, 0.4) is 0 Å². The average molecular weight is 495 g/mol. The van der Waals surface area contributed by atoms with Crippen molar-refractivity contribution in [3.8, 4) is 11.1 Å². The molecule has 7 nitrogen and oxygen atoms in total. The molecule has 1 saturated heterocycles. The molecule has 0 aliphatic carbocycles. The fourth-order valence-corrected chi connectivity index (χ4v) is 4.62. The molecular weight excluding hydrogens is 460 g/mol. The maximum atomic E-state index is 12.1. The minimum atomic E-state index is 0.0555. The van der Waals surface area contributed by atoms with E-state index in [2.05, 4.69) is 63.7 Å². The highest BCUT2D eigenvalue weighted by molar-refractivity contribution is 5.95. The number of unbranched alkanes of at least 4 members (excludes halogenated alkanes) is 1. The van der Waals surface area contributed by atoms with Gasteiger partial charge in [-0.05, 0) is 49.4 Å². The molecule has 1 aromatic heterocycles. The SMILES string of the molecule is CCCCC(=O)Nc1ccc(-c2cccc3cnc(Nc4cccc(N5CCN(C)CC5)c4)nc23)cc1. The molecule has 0 atom stereocenters. The standard InChI is InChI=1S/C30H34N6O/c1-3-4-11-28(37)32-24-14-12-22(13-15-24)27-10-5-7-23-21-31-30(34-29(23)27)33-25-8-6-9-26(20-25)36-18-16-35(2)17-19-36/h5-10,12-15,20-21H,3-4,11,16-19H2,1-2H3,(H,32,37)(H,31,33,34). The van der Waals surface area contributed by atoms with Gasteiger partial charge in [-0.2, -0.15) is 0 Å². The summed E-state index contributed by atoms with van der Waals surface area (Å²) in [5, 5.41) is 7.36. The van der Waals surface area contributed by atoms with Crippen LogP contribution in [-0.2, 0) is 4.79 Å². The van der Waals surface area contributed by atoms with Gasteiger partial charge in [-0.3, -0.25) is 4.79 Å². The molecule has 5 rings (SSSR count). The lowest BCUT2D eigenvalue weighted by atomic mass is 10.0. The first-order chi connectivity index (χ1) is 18.1. The first kappa shape index (κ1) is 24.7. The Balaban J connectivity index is 1.35. The molecule has 2 heterocycles. The monoisotopic (exact) mass is 494 g/mol. The third-order valence-corrected chi connectivity index (χ3v) is 6.82. The fraction of sp³-hybridized carbons (Fsp3) is 0.300. The van der Waals surface area contributed by atoms with Gasteiger partial charge in [0.1, 0.15) is 0 Å². The van der Waals surface area contributed by atoms with Gasteiger partial charge in [0.15, 0.2) is 0 Å². The Morgan fingerprint density at radius 2 is 1.73 bits per heavy atom. The van der Waals surface area contributed by atoms with Crippen LogP contribution in [0.1, 0.15) is 26.2 Å². The molecular formula is C30H34N6O. The number of nitrogens with zero attached hydrogens (tertiary/aromatic N) is 4. The Hall–Kier alpha value is -3.97. The summed E-state index contributed by atoms with van der Waals surface area (Å²) < 4.78 is 0. The number of para-hydroxylation sites is 1. The topological polar surface area (TPSA) is 73.4 Å². The molecule has 0 spiro atoms. The van der Waals surface area contributed by atoms with Crippen molar-refractivity contribution < 1.29 is 4.79 Å². The van der Waals surface area contributed by atoms with Gasteiger partial charge in [-0.25, -0.2) is 9.97 Å². The van der Waals surface area contributed by atoms with Gasteiger partial charge in [0.05, 0.1) is 5.52 Å². The molecule has 7 heteroatoms. The number of likely N-dealkylation sites (N-methyl/N-ethyl adjacent to an activating group) is 1. The van der Waals surface area contributed by atoms with Crippen molar-refractivity contribution in [1.29, 1.82) is 0 Å². The number of hydrogen-bond acceptors (Lipinski definition) is 6. The minimum absolute atomic E-state index is 0.0555. The summed E-state index contributed by atoms with van der Waals surface area (Å²) in [5.74, 6) is 0.621. The van der Waals surface area contributed by atoms with Crippen LogP contribution >= 0.6 is 0 Å². The highest BCUT2D eigenvalue weighted by atomic mass is 16.1. The number of anilines is 4. The van der Waals surface area contributed by atoms with Crippen molar-refractivity contribution in [2.75, 3.05) is 48.8 Å². The maximum absolute atomic E-state index is 12.1. The Morgan fingerprint density at radius 1 is 0.946 bits per heavy atom. The van der Waals surface area contributed by atoms with Crippen LogP contribution in [0.25, 0.3) is 22.0 Å². The van der Waals surface area contributed by atoms with Crippen molar-refractivity contribution in [2.24, 2.45) is 0 Å². The molecule has 1 aliphatic rings. The maximum Gasteiger partial charge on any atom is 0.227 e. The van der Waals surface area contributed by atoms with Crippen LogP contribution in [0, 0.1) is 0 Å². The first-order valence-electron chi connectivity index (χ1n) is 13.1. The summed E-state index contributed by atoms with van der Waals surface area (Å²) in [5.41, 5.74) is 5.94. The van der Waals surface area contributed by atoms with Crippen LogP contribution < -0.4 is 15.5 Å². The zero-order chi connectivity index (χ0) is 25.6. The van der Waals surface area contributed by atoms with E-state index in [4.69, 9.17) is 4.98 Å². The molecule has 4 aromatic rings. The summed E-state index contributed by atoms with van der Waals surface area (Å²) in [6.07, 6.45) is 4.32. The van der Waals surface area contributed by atoms with E-state index in [0.29, 0.717) is 12.4 Å². The summed E-state index contributed by atoms with van der Waals surface area (Å²) in [6, 6.07) is 22.5. The number of rotatable bonds is 8. The van der Waals surface area contributed by atoms with Crippen LogP contribution in [0.15, 0.2) is 72.9 Å². The molecule has 1 amide bonds. The Morgan fingerprint density at radius 3 is 2.51 bits per heavy atom. The quantitative estimate of drug-likeness (QED) is 0.317. The molecule has 0 radical (unpaired) electrons. The Bertz CT molecular complexity index is 1360. The van der Waals surface area contributed by atoms with Gasteiger partial charge in [-0.1, -0.05) is 49.7 Å². The fourth-order valence-electron chi connectivity index (χ4n) is 4.62. The van der Waals surface area contributed by atoms with Gasteiger partial charge in [-0.15, -0.1) is 0 Å². The zero-order valence-electron chi connectivity index (χ0n) is 21.6. The molecule has 0 saturated carbocycles. The molecule has 0 unspecified atom stereocenters. The lowest BCUT2D eigenvalue weighted by Crippen LogP contribution is -2.44. The number of aromatic nitrogens is 2. The zero-order valence-corrected chi connectivity index (χ0v) is 21.6. The Labute approximate surface area is 218 Å². The van der Waals surface area contributed by atoms with Crippen LogP contribution in [0.4, 0.5) is 23.0 Å². The highest BCUT2D eigenvalue weighted by Gasteiger charge is 2.15. The van der Waals surface area contributed by atoms with Gasteiger partial charge in [0, 0.05) is 66.8 Å². The van der Waals surface area contributed by atoms with Crippen molar-refractivity contribution in [2.45, 2.75) is 26.2 Å². The predicted octanol–water partition coefficient (Wildman–Crippen LogP) is 5.92. The van der Waals surface area contributed by atoms with Gasteiger partial charge < -0.3 is 20.4 Å². The summed E-state index contributed by atoms with van der Waals surface area (Å²) in [4.78, 5) is 26.3. The van der Waals surface area contributed by atoms with Crippen LogP contribution in [0.2, 0.25) is 0 Å². The second kappa shape index (κ2) is 11.4. The number of nitrogens with one attached hydrogen (secondary N) is 2. The number of piperazine rings is 1. The van der Waals surface area contributed by atoms with Crippen molar-refractivity contribution >= 4 is 39.8 Å². The summed E-state index contributed by atoms with van der Waals surface area (Å²) in [6.45, 7) is 6.28. The Kier molecular flexibility index (Phi) is 7.61. The van der Waals surface area contributed by atoms with E-state index in [1.807, 2.05) is 48.7 Å². The molecule has 1 fully saturated rings. The molecule has 0 bridgehead atoms. The van der Waals surface area contributed by atoms with Crippen molar-refractivity contribution in [1.82, 2.24) is 14.9 Å². The smallest absolute Gasteiger partial charge is 0.227 e. The molecule has 1 aliphatic heterocycles. The van der Waals surface area contributed by atoms with E-state index in [1.54, 1.807) is 0 Å². The van der Waals surface area contributed by atoms with Crippen LogP contribution in [-0.4, -0.2) is 54.0 Å². The van der Waals surface area contributed by atoms with E-state index in [-0.39, 0.29) is 5.91 Å². The van der Waals surface area contributed by atoms with E-state index in [0.717, 1.165) is 72.4 Å². The second-order valence-corrected chi connectivity index (χ2v) is 9.63. The molecule has 2 N–H and O–H groups in total. The lowest BCUT2D eigenvalue weighted by Gasteiger charge is -2.34. The van der Waals surface area contributed by atoms with Gasteiger partial charge in [0.25, 0.3) is 0 Å². The number of fused-ring (bicyclic) bond motifs is 1. The largest absolute Gasteiger partial charge is 0.369 e. The van der Waals surface area contributed by atoms with E-state index >= 15 is 0 Å².